The standard InChI is InChI=1S/C28H32ClF2N5O/c1-16-12-21(5-7-25(16)29)36-27(33-17(2)34-36)18-8-10-35(11-9-18)28(37)24-15-20(32-3)14-23(24)22-6-4-19(30)13-26(22)31/h4-7,12-13,18,20,23-24,32H,8-11,14-15H2,1-3H3/t20?,23-,24+/m0/s1. The second-order valence-corrected chi connectivity index (χ2v) is 10.7. The molecule has 1 aliphatic heterocycles. The summed E-state index contributed by atoms with van der Waals surface area (Å²) in [4.78, 5) is 20.3. The first kappa shape index (κ1) is 25.8. The van der Waals surface area contributed by atoms with Gasteiger partial charge in [0.2, 0.25) is 5.91 Å². The molecule has 1 aromatic heterocycles. The zero-order chi connectivity index (χ0) is 26.3. The predicted molar refractivity (Wildman–Crippen MR) is 139 cm³/mol. The van der Waals surface area contributed by atoms with Crippen molar-refractivity contribution in [2.24, 2.45) is 5.92 Å². The minimum Gasteiger partial charge on any atom is -0.342 e. The number of carbonyl (C=O) groups is 1. The van der Waals surface area contributed by atoms with Gasteiger partial charge < -0.3 is 10.2 Å². The van der Waals surface area contributed by atoms with Crippen LogP contribution in [0.4, 0.5) is 8.78 Å². The molecule has 2 aliphatic rings. The number of hydrogen-bond donors (Lipinski definition) is 1. The number of aromatic nitrogens is 3. The minimum atomic E-state index is -0.605. The molecule has 1 amide bonds. The average molecular weight is 528 g/mol. The number of rotatable bonds is 5. The van der Waals surface area contributed by atoms with Gasteiger partial charge in [-0.3, -0.25) is 4.79 Å². The van der Waals surface area contributed by atoms with Crippen LogP contribution in [0.15, 0.2) is 36.4 Å². The van der Waals surface area contributed by atoms with Crippen LogP contribution in [0, 0.1) is 31.4 Å². The third-order valence-electron chi connectivity index (χ3n) is 7.95. The Kier molecular flexibility index (Phi) is 7.32. The van der Waals surface area contributed by atoms with Gasteiger partial charge in [-0.2, -0.15) is 5.10 Å². The zero-order valence-electron chi connectivity index (χ0n) is 21.3. The van der Waals surface area contributed by atoms with Gasteiger partial charge in [0.25, 0.3) is 0 Å². The highest BCUT2D eigenvalue weighted by Crippen LogP contribution is 2.42. The molecule has 6 nitrogen and oxygen atoms in total. The lowest BCUT2D eigenvalue weighted by Crippen LogP contribution is -2.42. The van der Waals surface area contributed by atoms with E-state index in [0.717, 1.165) is 36.0 Å². The molecule has 2 fully saturated rings. The van der Waals surface area contributed by atoms with Gasteiger partial charge in [0.05, 0.1) is 5.69 Å². The van der Waals surface area contributed by atoms with Gasteiger partial charge in [0.15, 0.2) is 0 Å². The van der Waals surface area contributed by atoms with Crippen molar-refractivity contribution < 1.29 is 13.6 Å². The van der Waals surface area contributed by atoms with Gasteiger partial charge >= 0.3 is 0 Å². The summed E-state index contributed by atoms with van der Waals surface area (Å²) in [5.41, 5.74) is 2.32. The molecule has 9 heteroatoms. The molecule has 1 unspecified atom stereocenters. The summed E-state index contributed by atoms with van der Waals surface area (Å²) in [5, 5.41) is 8.59. The second kappa shape index (κ2) is 10.5. The van der Waals surface area contributed by atoms with Gasteiger partial charge in [0, 0.05) is 42.1 Å². The normalized spacial score (nSPS) is 22.5. The fourth-order valence-corrected chi connectivity index (χ4v) is 6.05. The Labute approximate surface area is 221 Å². The Balaban J connectivity index is 1.32. The molecule has 196 valence electrons. The summed E-state index contributed by atoms with van der Waals surface area (Å²) in [6.07, 6.45) is 2.83. The van der Waals surface area contributed by atoms with E-state index < -0.39 is 11.6 Å². The summed E-state index contributed by atoms with van der Waals surface area (Å²) in [5.74, 6) is 0.0230. The molecule has 1 N–H and O–H groups in total. The quantitative estimate of drug-likeness (QED) is 0.489. The lowest BCUT2D eigenvalue weighted by molar-refractivity contribution is -0.137. The maximum absolute atomic E-state index is 14.7. The van der Waals surface area contributed by atoms with E-state index in [1.54, 1.807) is 0 Å². The highest BCUT2D eigenvalue weighted by Gasteiger charge is 2.42. The minimum absolute atomic E-state index is 0.0518. The van der Waals surface area contributed by atoms with Crippen molar-refractivity contribution >= 4 is 17.5 Å². The van der Waals surface area contributed by atoms with Gasteiger partial charge in [-0.1, -0.05) is 17.7 Å². The molecule has 1 saturated heterocycles. The van der Waals surface area contributed by atoms with Crippen molar-refractivity contribution in [3.63, 3.8) is 0 Å². The Morgan fingerprint density at radius 2 is 1.84 bits per heavy atom. The summed E-state index contributed by atoms with van der Waals surface area (Å²) in [6, 6.07) is 9.62. The fourth-order valence-electron chi connectivity index (χ4n) is 5.93. The smallest absolute Gasteiger partial charge is 0.226 e. The highest BCUT2D eigenvalue weighted by atomic mass is 35.5. The number of nitrogens with zero attached hydrogens (tertiary/aromatic N) is 4. The van der Waals surface area contributed by atoms with Crippen molar-refractivity contribution in [1.29, 1.82) is 0 Å². The number of likely N-dealkylation sites (tertiary alicyclic amines) is 1. The first-order valence-electron chi connectivity index (χ1n) is 12.9. The van der Waals surface area contributed by atoms with E-state index in [0.29, 0.717) is 42.3 Å². The molecular formula is C28H32ClF2N5O. The fraction of sp³-hybridized carbons (Fsp3) is 0.464. The molecule has 3 atom stereocenters. The lowest BCUT2D eigenvalue weighted by atomic mass is 9.86. The molecule has 1 saturated carbocycles. The summed E-state index contributed by atoms with van der Waals surface area (Å²) in [6.45, 7) is 5.06. The van der Waals surface area contributed by atoms with Gasteiger partial charge in [-0.15, -0.1) is 0 Å². The van der Waals surface area contributed by atoms with Crippen LogP contribution in [0.3, 0.4) is 0 Å². The van der Waals surface area contributed by atoms with Crippen molar-refractivity contribution in [3.8, 4) is 5.69 Å². The summed E-state index contributed by atoms with van der Waals surface area (Å²) in [7, 11) is 1.86. The van der Waals surface area contributed by atoms with Crippen LogP contribution in [0.2, 0.25) is 5.02 Å². The van der Waals surface area contributed by atoms with Crippen LogP contribution in [-0.2, 0) is 4.79 Å². The summed E-state index contributed by atoms with van der Waals surface area (Å²) >= 11 is 6.22. The molecule has 0 spiro atoms. The van der Waals surface area contributed by atoms with E-state index in [4.69, 9.17) is 16.6 Å². The second-order valence-electron chi connectivity index (χ2n) is 10.3. The number of nitrogens with one attached hydrogen (secondary N) is 1. The molecule has 0 radical (unpaired) electrons. The number of halogens is 3. The Hall–Kier alpha value is -2.84. The molecule has 2 aromatic carbocycles. The van der Waals surface area contributed by atoms with Gasteiger partial charge in [0.1, 0.15) is 23.3 Å². The van der Waals surface area contributed by atoms with Crippen LogP contribution >= 0.6 is 11.6 Å². The maximum atomic E-state index is 14.7. The molecule has 2 heterocycles. The van der Waals surface area contributed by atoms with Crippen LogP contribution in [0.1, 0.15) is 60.3 Å². The predicted octanol–water partition coefficient (Wildman–Crippen LogP) is 5.30. The van der Waals surface area contributed by atoms with Crippen LogP contribution in [-0.4, -0.2) is 51.8 Å². The van der Waals surface area contributed by atoms with E-state index >= 15 is 0 Å². The molecule has 3 aromatic rings. The SMILES string of the molecule is CNC1C[C@@H](C(=O)N2CCC(c3nc(C)nn3-c3ccc(Cl)c(C)c3)CC2)[C@H](c2ccc(F)cc2F)C1. The first-order valence-corrected chi connectivity index (χ1v) is 13.2. The highest BCUT2D eigenvalue weighted by molar-refractivity contribution is 6.31. The topological polar surface area (TPSA) is 63.1 Å². The molecule has 1 aliphatic carbocycles. The maximum Gasteiger partial charge on any atom is 0.226 e. The zero-order valence-corrected chi connectivity index (χ0v) is 22.1. The molecule has 5 rings (SSSR count). The van der Waals surface area contributed by atoms with Crippen LogP contribution in [0.25, 0.3) is 5.69 Å². The van der Waals surface area contributed by atoms with Gasteiger partial charge in [-0.25, -0.2) is 18.4 Å². The van der Waals surface area contributed by atoms with E-state index in [1.165, 1.54) is 12.1 Å². The van der Waals surface area contributed by atoms with Crippen LogP contribution in [0.5, 0.6) is 0 Å². The Morgan fingerprint density at radius 1 is 1.08 bits per heavy atom. The Morgan fingerprint density at radius 3 is 2.51 bits per heavy atom. The van der Waals surface area contributed by atoms with Crippen molar-refractivity contribution in [1.82, 2.24) is 25.0 Å². The monoisotopic (exact) mass is 527 g/mol. The molecular weight excluding hydrogens is 496 g/mol. The summed E-state index contributed by atoms with van der Waals surface area (Å²) < 4.78 is 30.1. The van der Waals surface area contributed by atoms with E-state index in [2.05, 4.69) is 10.4 Å². The number of hydrogen-bond acceptors (Lipinski definition) is 4. The number of piperidine rings is 1. The largest absolute Gasteiger partial charge is 0.342 e. The lowest BCUT2D eigenvalue weighted by Gasteiger charge is -2.34. The Bertz CT molecular complexity index is 1300. The number of carbonyl (C=O) groups excluding carboxylic acids is 1. The van der Waals surface area contributed by atoms with E-state index in [-0.39, 0.29) is 29.7 Å². The molecule has 0 bridgehead atoms. The molecule has 37 heavy (non-hydrogen) atoms. The van der Waals surface area contributed by atoms with E-state index in [9.17, 15) is 13.6 Å². The van der Waals surface area contributed by atoms with Gasteiger partial charge in [-0.05, 0) is 87.9 Å². The van der Waals surface area contributed by atoms with Crippen LogP contribution < -0.4 is 5.32 Å². The number of amides is 1. The third kappa shape index (κ3) is 5.14. The third-order valence-corrected chi connectivity index (χ3v) is 8.37. The number of benzene rings is 2. The van der Waals surface area contributed by atoms with E-state index in [1.807, 2.05) is 48.7 Å². The van der Waals surface area contributed by atoms with Crippen molar-refractivity contribution in [3.05, 3.63) is 75.8 Å². The van der Waals surface area contributed by atoms with Crippen molar-refractivity contribution in [2.45, 2.75) is 57.4 Å². The number of aryl methyl sites for hydroxylation is 2. The average Bonchev–Trinajstić information content (AvgIpc) is 3.49. The van der Waals surface area contributed by atoms with Crippen molar-refractivity contribution in [2.75, 3.05) is 20.1 Å². The first-order chi connectivity index (χ1) is 17.7.